The number of hydrogen-bond donors (Lipinski definition) is 0. The number of carbonyl (C=O) groups is 1. The number of aromatic nitrogens is 1. The molecular formula is C10H9ClF3NO4. The Bertz CT molecular complexity index is 479. The number of methoxy groups -OCH3 is 2. The predicted molar refractivity (Wildman–Crippen MR) is 58.4 cm³/mol. The summed E-state index contributed by atoms with van der Waals surface area (Å²) in [6, 6.07) is 0.929. The molecule has 1 heterocycles. The summed E-state index contributed by atoms with van der Waals surface area (Å²) < 4.78 is 49.4. The Hall–Kier alpha value is -1.70. The molecule has 106 valence electrons. The molecule has 0 fully saturated rings. The highest BCUT2D eigenvalue weighted by Gasteiger charge is 2.33. The molecule has 0 aliphatic rings. The zero-order chi connectivity index (χ0) is 14.6. The van der Waals surface area contributed by atoms with Crippen LogP contribution in [0.5, 0.6) is 11.6 Å². The van der Waals surface area contributed by atoms with Crippen LogP contribution < -0.4 is 9.47 Å². The van der Waals surface area contributed by atoms with Gasteiger partial charge in [-0.2, -0.15) is 0 Å². The normalized spacial score (nSPS) is 11.1. The van der Waals surface area contributed by atoms with Gasteiger partial charge in [0.2, 0.25) is 0 Å². The van der Waals surface area contributed by atoms with Crippen LogP contribution in [0.4, 0.5) is 13.2 Å². The lowest BCUT2D eigenvalue weighted by Gasteiger charge is -2.14. The Morgan fingerprint density at radius 2 is 2.05 bits per heavy atom. The Morgan fingerprint density at radius 1 is 1.42 bits per heavy atom. The van der Waals surface area contributed by atoms with Gasteiger partial charge in [0.25, 0.3) is 5.88 Å². The monoisotopic (exact) mass is 299 g/mol. The summed E-state index contributed by atoms with van der Waals surface area (Å²) in [6.07, 6.45) is -4.91. The highest BCUT2D eigenvalue weighted by atomic mass is 35.5. The van der Waals surface area contributed by atoms with Gasteiger partial charge in [-0.25, -0.2) is 9.78 Å². The molecule has 0 radical (unpaired) electrons. The van der Waals surface area contributed by atoms with E-state index in [1.807, 2.05) is 0 Å². The summed E-state index contributed by atoms with van der Waals surface area (Å²) in [5.41, 5.74) is -0.197. The maximum atomic E-state index is 12.2. The highest BCUT2D eigenvalue weighted by Crippen LogP contribution is 2.33. The standard InChI is InChI=1S/C10H9ClF3NO4/c1-17-8-6(19-10(12,13)14)3-5(4-11)7(15-8)9(16)18-2/h3H,4H2,1-2H3. The highest BCUT2D eigenvalue weighted by molar-refractivity contribution is 6.17. The molecular weight excluding hydrogens is 291 g/mol. The third-order valence-electron chi connectivity index (χ3n) is 1.98. The average Bonchev–Trinajstić information content (AvgIpc) is 2.35. The molecule has 0 aliphatic heterocycles. The Balaban J connectivity index is 3.31. The van der Waals surface area contributed by atoms with Gasteiger partial charge in [-0.3, -0.25) is 0 Å². The number of alkyl halides is 4. The van der Waals surface area contributed by atoms with Gasteiger partial charge in [0.15, 0.2) is 11.4 Å². The van der Waals surface area contributed by atoms with Gasteiger partial charge in [0.05, 0.1) is 14.2 Å². The van der Waals surface area contributed by atoms with E-state index >= 15 is 0 Å². The molecule has 1 rings (SSSR count). The number of halogens is 4. The minimum absolute atomic E-state index is 0.0357. The van der Waals surface area contributed by atoms with Crippen molar-refractivity contribution in [2.24, 2.45) is 0 Å². The summed E-state index contributed by atoms with van der Waals surface area (Å²) >= 11 is 5.55. The number of ether oxygens (including phenoxy) is 3. The van der Waals surface area contributed by atoms with Crippen molar-refractivity contribution in [1.29, 1.82) is 0 Å². The molecule has 0 spiro atoms. The van der Waals surface area contributed by atoms with Gasteiger partial charge in [0, 0.05) is 11.4 Å². The number of rotatable bonds is 4. The maximum Gasteiger partial charge on any atom is 0.573 e. The fourth-order valence-corrected chi connectivity index (χ4v) is 1.44. The van der Waals surface area contributed by atoms with E-state index in [4.69, 9.17) is 11.6 Å². The summed E-state index contributed by atoms with van der Waals surface area (Å²) in [5, 5.41) is 0. The molecule has 0 aromatic carbocycles. The largest absolute Gasteiger partial charge is 0.573 e. The molecule has 0 atom stereocenters. The SMILES string of the molecule is COC(=O)c1nc(OC)c(OC(F)(F)F)cc1CCl. The second kappa shape index (κ2) is 5.96. The van der Waals surface area contributed by atoms with Crippen LogP contribution in [0.3, 0.4) is 0 Å². The number of esters is 1. The topological polar surface area (TPSA) is 57.7 Å². The fraction of sp³-hybridized carbons (Fsp3) is 0.400. The lowest BCUT2D eigenvalue weighted by Crippen LogP contribution is -2.19. The molecule has 1 aromatic heterocycles. The minimum Gasteiger partial charge on any atom is -0.478 e. The van der Waals surface area contributed by atoms with Crippen molar-refractivity contribution in [3.05, 3.63) is 17.3 Å². The van der Waals surface area contributed by atoms with Gasteiger partial charge in [-0.1, -0.05) is 0 Å². The maximum absolute atomic E-state index is 12.2. The van der Waals surface area contributed by atoms with Crippen LogP contribution in [0.2, 0.25) is 0 Å². The van der Waals surface area contributed by atoms with E-state index in [2.05, 4.69) is 19.2 Å². The van der Waals surface area contributed by atoms with Gasteiger partial charge in [0.1, 0.15) is 0 Å². The smallest absolute Gasteiger partial charge is 0.478 e. The molecule has 0 aliphatic carbocycles. The summed E-state index contributed by atoms with van der Waals surface area (Å²) in [5.74, 6) is -2.26. The minimum atomic E-state index is -4.91. The first kappa shape index (κ1) is 15.4. The van der Waals surface area contributed by atoms with Crippen molar-refractivity contribution in [2.45, 2.75) is 12.2 Å². The summed E-state index contributed by atoms with van der Waals surface area (Å²) in [7, 11) is 2.20. The molecule has 9 heteroatoms. The van der Waals surface area contributed by atoms with Crippen LogP contribution in [0, 0.1) is 0 Å². The van der Waals surface area contributed by atoms with E-state index in [-0.39, 0.29) is 17.1 Å². The van der Waals surface area contributed by atoms with E-state index in [1.54, 1.807) is 0 Å². The summed E-state index contributed by atoms with van der Waals surface area (Å²) in [4.78, 5) is 15.0. The molecule has 0 saturated carbocycles. The van der Waals surface area contributed by atoms with Gasteiger partial charge in [-0.05, 0) is 6.07 Å². The van der Waals surface area contributed by atoms with Crippen LogP contribution in [-0.4, -0.2) is 31.5 Å². The first-order valence-electron chi connectivity index (χ1n) is 4.80. The first-order chi connectivity index (χ1) is 8.82. The van der Waals surface area contributed by atoms with E-state index in [0.29, 0.717) is 0 Å². The molecule has 5 nitrogen and oxygen atoms in total. The number of hydrogen-bond acceptors (Lipinski definition) is 5. The molecule has 0 N–H and O–H groups in total. The lowest BCUT2D eigenvalue weighted by molar-refractivity contribution is -0.275. The zero-order valence-electron chi connectivity index (χ0n) is 9.88. The molecule has 19 heavy (non-hydrogen) atoms. The number of nitrogens with zero attached hydrogens (tertiary/aromatic N) is 1. The predicted octanol–water partition coefficient (Wildman–Crippen LogP) is 2.51. The second-order valence-electron chi connectivity index (χ2n) is 3.18. The van der Waals surface area contributed by atoms with Gasteiger partial charge >= 0.3 is 12.3 Å². The average molecular weight is 300 g/mol. The first-order valence-corrected chi connectivity index (χ1v) is 5.33. The van der Waals surface area contributed by atoms with E-state index < -0.39 is 24.0 Å². The van der Waals surface area contributed by atoms with Crippen molar-refractivity contribution in [3.63, 3.8) is 0 Å². The number of pyridine rings is 1. The Morgan fingerprint density at radius 3 is 2.47 bits per heavy atom. The zero-order valence-corrected chi connectivity index (χ0v) is 10.6. The van der Waals surface area contributed by atoms with Crippen molar-refractivity contribution < 1.29 is 32.2 Å². The fourth-order valence-electron chi connectivity index (χ4n) is 1.24. The molecule has 1 aromatic rings. The van der Waals surface area contributed by atoms with E-state index in [0.717, 1.165) is 20.3 Å². The van der Waals surface area contributed by atoms with Crippen molar-refractivity contribution in [1.82, 2.24) is 4.98 Å². The molecule has 0 saturated heterocycles. The Kier molecular flexibility index (Phi) is 4.82. The van der Waals surface area contributed by atoms with Crippen LogP contribution in [0.1, 0.15) is 16.1 Å². The quantitative estimate of drug-likeness (QED) is 0.631. The Labute approximate surface area is 111 Å². The number of carbonyl (C=O) groups excluding carboxylic acids is 1. The lowest BCUT2D eigenvalue weighted by atomic mass is 10.2. The van der Waals surface area contributed by atoms with Crippen LogP contribution >= 0.6 is 11.6 Å². The van der Waals surface area contributed by atoms with Crippen molar-refractivity contribution in [3.8, 4) is 11.6 Å². The van der Waals surface area contributed by atoms with Crippen molar-refractivity contribution in [2.75, 3.05) is 14.2 Å². The molecule has 0 bridgehead atoms. The van der Waals surface area contributed by atoms with E-state index in [9.17, 15) is 18.0 Å². The molecule has 0 amide bonds. The van der Waals surface area contributed by atoms with Gasteiger partial charge in [-0.15, -0.1) is 24.8 Å². The van der Waals surface area contributed by atoms with Crippen molar-refractivity contribution >= 4 is 17.6 Å². The van der Waals surface area contributed by atoms with Gasteiger partial charge < -0.3 is 14.2 Å². The van der Waals surface area contributed by atoms with E-state index in [1.165, 1.54) is 0 Å². The van der Waals surface area contributed by atoms with Crippen LogP contribution in [0.25, 0.3) is 0 Å². The third kappa shape index (κ3) is 3.88. The van der Waals surface area contributed by atoms with Crippen LogP contribution in [-0.2, 0) is 10.6 Å². The third-order valence-corrected chi connectivity index (χ3v) is 2.26. The second-order valence-corrected chi connectivity index (χ2v) is 3.44. The van der Waals surface area contributed by atoms with Crippen LogP contribution in [0.15, 0.2) is 6.07 Å². The summed E-state index contributed by atoms with van der Waals surface area (Å²) in [6.45, 7) is 0. The molecule has 0 unspecified atom stereocenters.